The van der Waals surface area contributed by atoms with Gasteiger partial charge in [0.2, 0.25) is 0 Å². The van der Waals surface area contributed by atoms with Crippen LogP contribution in [0, 0.1) is 0 Å². The van der Waals surface area contributed by atoms with Crippen LogP contribution in [-0.2, 0) is 9.53 Å². The van der Waals surface area contributed by atoms with E-state index in [0.717, 1.165) is 19.3 Å². The van der Waals surface area contributed by atoms with Crippen LogP contribution >= 0.6 is 0 Å². The molecule has 2 heterocycles. The van der Waals surface area contributed by atoms with Gasteiger partial charge in [0, 0.05) is 26.7 Å². The van der Waals surface area contributed by atoms with Crippen molar-refractivity contribution in [1.29, 1.82) is 0 Å². The van der Waals surface area contributed by atoms with Gasteiger partial charge >= 0.3 is 12.0 Å². The number of rotatable bonds is 2. The number of carboxylic acids is 1. The predicted octanol–water partition coefficient (Wildman–Crippen LogP) is 0.766. The second kappa shape index (κ2) is 5.56. The molecule has 0 aromatic carbocycles. The Hall–Kier alpha value is -1.30. The standard InChI is InChI=1S/C12H20N2O4/c1-18-9-4-2-6-13(8-9)12(17)14-7-3-5-10(14)11(15)16/h9-10H,2-8H2,1H3,(H,15,16)/t9?,10-/m0/s1. The number of likely N-dealkylation sites (tertiary alicyclic amines) is 2. The summed E-state index contributed by atoms with van der Waals surface area (Å²) in [6, 6.07) is -0.804. The molecule has 0 spiro atoms. The summed E-state index contributed by atoms with van der Waals surface area (Å²) in [4.78, 5) is 26.6. The van der Waals surface area contributed by atoms with Crippen LogP contribution in [0.15, 0.2) is 0 Å². The molecule has 2 saturated heterocycles. The highest BCUT2D eigenvalue weighted by Gasteiger charge is 2.37. The number of carbonyl (C=O) groups is 2. The first-order chi connectivity index (χ1) is 8.63. The zero-order valence-electron chi connectivity index (χ0n) is 10.7. The number of aliphatic carboxylic acids is 1. The molecule has 2 aliphatic rings. The van der Waals surface area contributed by atoms with Gasteiger partial charge in [0.05, 0.1) is 6.10 Å². The van der Waals surface area contributed by atoms with Gasteiger partial charge in [0.25, 0.3) is 0 Å². The van der Waals surface area contributed by atoms with Crippen LogP contribution in [0.5, 0.6) is 0 Å². The van der Waals surface area contributed by atoms with Crippen LogP contribution in [0.4, 0.5) is 4.79 Å². The first kappa shape index (κ1) is 13.1. The van der Waals surface area contributed by atoms with Crippen molar-refractivity contribution in [2.75, 3.05) is 26.7 Å². The van der Waals surface area contributed by atoms with E-state index >= 15 is 0 Å². The summed E-state index contributed by atoms with van der Waals surface area (Å²) < 4.78 is 5.28. The quantitative estimate of drug-likeness (QED) is 0.792. The van der Waals surface area contributed by atoms with Crippen LogP contribution in [-0.4, -0.2) is 65.8 Å². The summed E-state index contributed by atoms with van der Waals surface area (Å²) in [6.07, 6.45) is 3.28. The topological polar surface area (TPSA) is 70.1 Å². The molecule has 0 bridgehead atoms. The third kappa shape index (κ3) is 2.58. The second-order valence-electron chi connectivity index (χ2n) is 4.92. The predicted molar refractivity (Wildman–Crippen MR) is 64.4 cm³/mol. The Bertz CT molecular complexity index is 334. The fourth-order valence-electron chi connectivity index (χ4n) is 2.74. The number of piperidine rings is 1. The van der Waals surface area contributed by atoms with Crippen LogP contribution in [0.2, 0.25) is 0 Å². The molecule has 2 atom stereocenters. The zero-order valence-corrected chi connectivity index (χ0v) is 10.7. The molecule has 0 aromatic heterocycles. The van der Waals surface area contributed by atoms with E-state index in [0.29, 0.717) is 26.1 Å². The third-order valence-corrected chi connectivity index (χ3v) is 3.77. The SMILES string of the molecule is COC1CCCN(C(=O)N2CCC[C@H]2C(=O)O)C1. The van der Waals surface area contributed by atoms with E-state index in [1.165, 1.54) is 4.90 Å². The van der Waals surface area contributed by atoms with E-state index in [9.17, 15) is 9.59 Å². The lowest BCUT2D eigenvalue weighted by Crippen LogP contribution is -2.52. The maximum absolute atomic E-state index is 12.3. The molecule has 0 radical (unpaired) electrons. The lowest BCUT2D eigenvalue weighted by molar-refractivity contribution is -0.141. The van der Waals surface area contributed by atoms with E-state index in [-0.39, 0.29) is 12.1 Å². The summed E-state index contributed by atoms with van der Waals surface area (Å²) in [5, 5.41) is 9.09. The maximum atomic E-state index is 12.3. The molecule has 0 aromatic rings. The van der Waals surface area contributed by atoms with Gasteiger partial charge in [-0.25, -0.2) is 9.59 Å². The molecule has 2 aliphatic heterocycles. The number of hydrogen-bond acceptors (Lipinski definition) is 3. The van der Waals surface area contributed by atoms with Crippen molar-refractivity contribution in [2.45, 2.75) is 37.8 Å². The lowest BCUT2D eigenvalue weighted by atomic mass is 10.1. The number of amides is 2. The van der Waals surface area contributed by atoms with E-state index in [1.807, 2.05) is 0 Å². The van der Waals surface area contributed by atoms with Gasteiger partial charge in [-0.2, -0.15) is 0 Å². The number of hydrogen-bond donors (Lipinski definition) is 1. The van der Waals surface area contributed by atoms with Crippen molar-refractivity contribution in [3.63, 3.8) is 0 Å². The van der Waals surface area contributed by atoms with Gasteiger partial charge < -0.3 is 19.6 Å². The Balaban J connectivity index is 1.99. The Labute approximate surface area is 106 Å². The smallest absolute Gasteiger partial charge is 0.326 e. The van der Waals surface area contributed by atoms with Gasteiger partial charge in [0.15, 0.2) is 0 Å². The molecule has 18 heavy (non-hydrogen) atoms. The number of methoxy groups -OCH3 is 1. The summed E-state index contributed by atoms with van der Waals surface area (Å²) in [5.74, 6) is -0.902. The number of carboxylic acid groups (broad SMARTS) is 1. The normalized spacial score (nSPS) is 28.5. The number of ether oxygens (including phenoxy) is 1. The van der Waals surface area contributed by atoms with Gasteiger partial charge in [-0.3, -0.25) is 0 Å². The van der Waals surface area contributed by atoms with Crippen LogP contribution in [0.3, 0.4) is 0 Å². The number of urea groups is 1. The van der Waals surface area contributed by atoms with Crippen LogP contribution in [0.1, 0.15) is 25.7 Å². The Morgan fingerprint density at radius 3 is 2.61 bits per heavy atom. The molecule has 6 nitrogen and oxygen atoms in total. The Morgan fingerprint density at radius 1 is 1.22 bits per heavy atom. The minimum Gasteiger partial charge on any atom is -0.480 e. The maximum Gasteiger partial charge on any atom is 0.326 e. The first-order valence-electron chi connectivity index (χ1n) is 6.44. The van der Waals surface area contributed by atoms with Crippen molar-refractivity contribution in [2.24, 2.45) is 0 Å². The molecule has 2 amide bonds. The molecule has 2 rings (SSSR count). The summed E-state index contributed by atoms with van der Waals surface area (Å²) >= 11 is 0. The number of carbonyl (C=O) groups excluding carboxylic acids is 1. The fourth-order valence-corrected chi connectivity index (χ4v) is 2.74. The zero-order chi connectivity index (χ0) is 13.1. The largest absolute Gasteiger partial charge is 0.480 e. The lowest BCUT2D eigenvalue weighted by Gasteiger charge is -2.35. The van der Waals surface area contributed by atoms with Crippen molar-refractivity contribution in [1.82, 2.24) is 9.80 Å². The number of nitrogens with zero attached hydrogens (tertiary/aromatic N) is 2. The minimum absolute atomic E-state index is 0.0774. The molecule has 6 heteroatoms. The van der Waals surface area contributed by atoms with Gasteiger partial charge in [-0.05, 0) is 25.7 Å². The summed E-state index contributed by atoms with van der Waals surface area (Å²) in [6.45, 7) is 1.81. The molecule has 2 fully saturated rings. The van der Waals surface area contributed by atoms with Crippen molar-refractivity contribution >= 4 is 12.0 Å². The van der Waals surface area contributed by atoms with E-state index in [1.54, 1.807) is 12.0 Å². The highest BCUT2D eigenvalue weighted by molar-refractivity contribution is 5.83. The molecule has 1 unspecified atom stereocenters. The summed E-state index contributed by atoms with van der Waals surface area (Å²) in [5.41, 5.74) is 0. The highest BCUT2D eigenvalue weighted by atomic mass is 16.5. The Kier molecular flexibility index (Phi) is 4.06. The second-order valence-corrected chi connectivity index (χ2v) is 4.92. The first-order valence-corrected chi connectivity index (χ1v) is 6.44. The monoisotopic (exact) mass is 256 g/mol. The third-order valence-electron chi connectivity index (χ3n) is 3.77. The summed E-state index contributed by atoms with van der Waals surface area (Å²) in [7, 11) is 1.65. The molecule has 0 aliphatic carbocycles. The average Bonchev–Trinajstić information content (AvgIpc) is 2.87. The van der Waals surface area contributed by atoms with Crippen LogP contribution in [0.25, 0.3) is 0 Å². The Morgan fingerprint density at radius 2 is 1.94 bits per heavy atom. The molecule has 1 N–H and O–H groups in total. The molecular formula is C12H20N2O4. The minimum atomic E-state index is -0.902. The molecule has 102 valence electrons. The van der Waals surface area contributed by atoms with Gasteiger partial charge in [-0.15, -0.1) is 0 Å². The molecule has 0 saturated carbocycles. The van der Waals surface area contributed by atoms with E-state index in [2.05, 4.69) is 0 Å². The van der Waals surface area contributed by atoms with Gasteiger partial charge in [0.1, 0.15) is 6.04 Å². The van der Waals surface area contributed by atoms with Crippen LogP contribution < -0.4 is 0 Å². The van der Waals surface area contributed by atoms with E-state index < -0.39 is 12.0 Å². The van der Waals surface area contributed by atoms with E-state index in [4.69, 9.17) is 9.84 Å². The van der Waals surface area contributed by atoms with Crippen molar-refractivity contribution < 1.29 is 19.4 Å². The fraction of sp³-hybridized carbons (Fsp3) is 0.833. The van der Waals surface area contributed by atoms with Crippen molar-refractivity contribution in [3.05, 3.63) is 0 Å². The molecular weight excluding hydrogens is 236 g/mol. The van der Waals surface area contributed by atoms with Crippen molar-refractivity contribution in [3.8, 4) is 0 Å². The average molecular weight is 256 g/mol. The highest BCUT2D eigenvalue weighted by Crippen LogP contribution is 2.21. The van der Waals surface area contributed by atoms with Gasteiger partial charge in [-0.1, -0.05) is 0 Å².